The van der Waals surface area contributed by atoms with Crippen molar-refractivity contribution in [2.24, 2.45) is 0 Å². The molecule has 2 heteroatoms. The highest BCUT2D eigenvalue weighted by atomic mass is 32.1. The van der Waals surface area contributed by atoms with Crippen LogP contribution >= 0.6 is 11.3 Å². The Balaban J connectivity index is 1.38. The van der Waals surface area contributed by atoms with Crippen molar-refractivity contribution in [2.75, 3.05) is 4.90 Å². The number of nitrogens with zero attached hydrogens (tertiary/aromatic N) is 1. The fourth-order valence-electron chi connectivity index (χ4n) is 7.52. The number of benzene rings is 7. The predicted molar refractivity (Wildman–Crippen MR) is 202 cm³/mol. The number of hydrogen-bond donors (Lipinski definition) is 0. The van der Waals surface area contributed by atoms with Crippen molar-refractivity contribution in [3.05, 3.63) is 175 Å². The van der Waals surface area contributed by atoms with Gasteiger partial charge in [-0.2, -0.15) is 0 Å². The first-order chi connectivity index (χ1) is 23.1. The van der Waals surface area contributed by atoms with E-state index in [0.29, 0.717) is 0 Å². The first kappa shape index (κ1) is 27.8. The van der Waals surface area contributed by atoms with Crippen LogP contribution in [0, 0.1) is 0 Å². The van der Waals surface area contributed by atoms with E-state index in [1.54, 1.807) is 0 Å². The Morgan fingerprint density at radius 2 is 1.02 bits per heavy atom. The van der Waals surface area contributed by atoms with Gasteiger partial charge in [0.15, 0.2) is 0 Å². The minimum atomic E-state index is -0.154. The zero-order chi connectivity index (χ0) is 31.5. The Morgan fingerprint density at radius 3 is 1.72 bits per heavy atom. The van der Waals surface area contributed by atoms with Crippen LogP contribution in [0.15, 0.2) is 164 Å². The van der Waals surface area contributed by atoms with E-state index in [1.807, 2.05) is 11.3 Å². The molecule has 1 aromatic heterocycles. The van der Waals surface area contributed by atoms with Gasteiger partial charge >= 0.3 is 0 Å². The Bertz CT molecular complexity index is 2400. The van der Waals surface area contributed by atoms with Gasteiger partial charge in [0.2, 0.25) is 0 Å². The number of para-hydroxylation sites is 1. The van der Waals surface area contributed by atoms with Gasteiger partial charge in [0.05, 0.1) is 5.69 Å². The average molecular weight is 620 g/mol. The van der Waals surface area contributed by atoms with Crippen molar-refractivity contribution >= 4 is 48.6 Å². The summed E-state index contributed by atoms with van der Waals surface area (Å²) < 4.78 is 2.64. The van der Waals surface area contributed by atoms with E-state index >= 15 is 0 Å². The van der Waals surface area contributed by atoms with Gasteiger partial charge in [-0.05, 0) is 81.4 Å². The van der Waals surface area contributed by atoms with Crippen LogP contribution in [0.4, 0.5) is 17.1 Å². The van der Waals surface area contributed by atoms with Crippen molar-refractivity contribution in [3.8, 4) is 33.4 Å². The van der Waals surface area contributed by atoms with E-state index in [1.165, 1.54) is 70.4 Å². The molecule has 0 N–H and O–H groups in total. The van der Waals surface area contributed by atoms with E-state index in [9.17, 15) is 0 Å². The smallest absolute Gasteiger partial charge is 0.0636 e. The highest BCUT2D eigenvalue weighted by Crippen LogP contribution is 2.59. The molecule has 8 aromatic rings. The lowest BCUT2D eigenvalue weighted by Gasteiger charge is -2.30. The van der Waals surface area contributed by atoms with Gasteiger partial charge in [0, 0.05) is 42.5 Å². The summed E-state index contributed by atoms with van der Waals surface area (Å²) in [7, 11) is 0. The number of anilines is 3. The molecule has 1 aliphatic rings. The minimum Gasteiger partial charge on any atom is -0.309 e. The number of hydrogen-bond acceptors (Lipinski definition) is 2. The van der Waals surface area contributed by atoms with Crippen molar-refractivity contribution in [1.82, 2.24) is 0 Å². The molecule has 0 saturated heterocycles. The van der Waals surface area contributed by atoms with Crippen LogP contribution in [-0.2, 0) is 5.41 Å². The van der Waals surface area contributed by atoms with Gasteiger partial charge in [-0.3, -0.25) is 0 Å². The largest absolute Gasteiger partial charge is 0.309 e. The quantitative estimate of drug-likeness (QED) is 0.185. The van der Waals surface area contributed by atoms with Crippen LogP contribution in [0.1, 0.15) is 25.0 Å². The molecular formula is C45H33NS. The van der Waals surface area contributed by atoms with Gasteiger partial charge in [-0.25, -0.2) is 0 Å². The van der Waals surface area contributed by atoms with E-state index < -0.39 is 0 Å². The molecule has 1 heterocycles. The molecule has 0 aliphatic heterocycles. The fraction of sp³-hybridized carbons (Fsp3) is 0.0667. The second kappa shape index (κ2) is 10.8. The Kier molecular flexibility index (Phi) is 6.41. The maximum atomic E-state index is 2.51. The SMILES string of the molecule is CC1(C)c2ccc(-c3ccccc3)cc2-c2c1cc1sc3ccccc3c1c2N(c1ccccc1)c1ccc(-c2ccccc2)cc1. The molecule has 1 aliphatic carbocycles. The molecule has 0 bridgehead atoms. The number of fused-ring (bicyclic) bond motifs is 6. The molecule has 0 atom stereocenters. The Labute approximate surface area is 280 Å². The second-order valence-corrected chi connectivity index (χ2v) is 14.0. The first-order valence-electron chi connectivity index (χ1n) is 16.3. The Hall–Kier alpha value is -5.44. The zero-order valence-electron chi connectivity index (χ0n) is 26.4. The topological polar surface area (TPSA) is 3.24 Å². The third-order valence-electron chi connectivity index (χ3n) is 9.85. The molecule has 0 fully saturated rings. The van der Waals surface area contributed by atoms with E-state index in [2.05, 4.69) is 183 Å². The molecule has 0 radical (unpaired) electrons. The fourth-order valence-corrected chi connectivity index (χ4v) is 8.67. The van der Waals surface area contributed by atoms with Crippen LogP contribution in [0.3, 0.4) is 0 Å². The van der Waals surface area contributed by atoms with Crippen LogP contribution in [0.5, 0.6) is 0 Å². The molecule has 7 aromatic carbocycles. The van der Waals surface area contributed by atoms with Gasteiger partial charge in [-0.1, -0.05) is 135 Å². The maximum absolute atomic E-state index is 2.51. The van der Waals surface area contributed by atoms with Gasteiger partial charge in [0.25, 0.3) is 0 Å². The monoisotopic (exact) mass is 619 g/mol. The molecule has 0 amide bonds. The number of thiophene rings is 1. The van der Waals surface area contributed by atoms with Crippen molar-refractivity contribution < 1.29 is 0 Å². The summed E-state index contributed by atoms with van der Waals surface area (Å²) in [6.45, 7) is 4.79. The highest BCUT2D eigenvalue weighted by Gasteiger charge is 2.40. The minimum absolute atomic E-state index is 0.154. The predicted octanol–water partition coefficient (Wildman–Crippen LogP) is 13.2. The van der Waals surface area contributed by atoms with Gasteiger partial charge in [-0.15, -0.1) is 11.3 Å². The van der Waals surface area contributed by atoms with E-state index in [0.717, 1.165) is 11.4 Å². The average Bonchev–Trinajstić information content (AvgIpc) is 3.61. The molecule has 224 valence electrons. The van der Waals surface area contributed by atoms with Crippen LogP contribution < -0.4 is 4.90 Å². The summed E-state index contributed by atoms with van der Waals surface area (Å²) in [6.07, 6.45) is 0. The van der Waals surface area contributed by atoms with Gasteiger partial charge in [0.1, 0.15) is 0 Å². The summed E-state index contributed by atoms with van der Waals surface area (Å²) >= 11 is 1.90. The molecule has 0 spiro atoms. The molecule has 47 heavy (non-hydrogen) atoms. The van der Waals surface area contributed by atoms with Crippen LogP contribution in [0.25, 0.3) is 53.6 Å². The van der Waals surface area contributed by atoms with Gasteiger partial charge < -0.3 is 4.90 Å². The summed E-state index contributed by atoms with van der Waals surface area (Å²) in [5.41, 5.74) is 13.7. The molecular weight excluding hydrogens is 587 g/mol. The van der Waals surface area contributed by atoms with Crippen LogP contribution in [-0.4, -0.2) is 0 Å². The lowest BCUT2D eigenvalue weighted by atomic mass is 9.82. The lowest BCUT2D eigenvalue weighted by molar-refractivity contribution is 0.661. The summed E-state index contributed by atoms with van der Waals surface area (Å²) in [5.74, 6) is 0. The van der Waals surface area contributed by atoms with Crippen LogP contribution in [0.2, 0.25) is 0 Å². The van der Waals surface area contributed by atoms with Crippen molar-refractivity contribution in [3.63, 3.8) is 0 Å². The highest BCUT2D eigenvalue weighted by molar-refractivity contribution is 7.26. The molecule has 0 unspecified atom stereocenters. The van der Waals surface area contributed by atoms with Crippen molar-refractivity contribution in [1.29, 1.82) is 0 Å². The standard InChI is InChI=1S/C45H33NS/c1-45(2)38-27-24-33(31-16-8-4-9-17-31)28-37(38)42-39(45)29-41-43(36-20-12-13-21-40(36)47-41)44(42)46(34-18-10-5-11-19-34)35-25-22-32(23-26-35)30-14-6-3-7-15-30/h3-29H,1-2H3. The summed E-state index contributed by atoms with van der Waals surface area (Å²) in [4.78, 5) is 2.51. The Morgan fingerprint density at radius 1 is 0.468 bits per heavy atom. The summed E-state index contributed by atoms with van der Waals surface area (Å²) in [6, 6.07) is 59.9. The maximum Gasteiger partial charge on any atom is 0.0636 e. The van der Waals surface area contributed by atoms with Crippen molar-refractivity contribution in [2.45, 2.75) is 19.3 Å². The summed E-state index contributed by atoms with van der Waals surface area (Å²) in [5, 5.41) is 2.62. The molecule has 1 nitrogen and oxygen atoms in total. The normalized spacial score (nSPS) is 13.1. The lowest BCUT2D eigenvalue weighted by Crippen LogP contribution is -2.16. The third kappa shape index (κ3) is 4.44. The third-order valence-corrected chi connectivity index (χ3v) is 11.0. The van der Waals surface area contributed by atoms with E-state index in [4.69, 9.17) is 0 Å². The zero-order valence-corrected chi connectivity index (χ0v) is 27.3. The number of rotatable bonds is 5. The molecule has 9 rings (SSSR count). The van der Waals surface area contributed by atoms with E-state index in [-0.39, 0.29) is 5.41 Å². The second-order valence-electron chi connectivity index (χ2n) is 13.0. The molecule has 0 saturated carbocycles. The first-order valence-corrected chi connectivity index (χ1v) is 17.1.